The molecule has 172 valence electrons. The second kappa shape index (κ2) is 8.70. The summed E-state index contributed by atoms with van der Waals surface area (Å²) in [4.78, 5) is 36.2. The Morgan fingerprint density at radius 3 is 2.24 bits per heavy atom. The zero-order valence-corrected chi connectivity index (χ0v) is 18.7. The molecule has 0 aliphatic heterocycles. The summed E-state index contributed by atoms with van der Waals surface area (Å²) < 4.78 is 12.0. The summed E-state index contributed by atoms with van der Waals surface area (Å²) in [5.74, 6) is -0.352. The molecule has 0 radical (unpaired) electrons. The van der Waals surface area contributed by atoms with Crippen LogP contribution in [-0.2, 0) is 0 Å². The zero-order valence-electron chi connectivity index (χ0n) is 18.7. The van der Waals surface area contributed by atoms with Gasteiger partial charge in [0.05, 0.1) is 35.9 Å². The van der Waals surface area contributed by atoms with Gasteiger partial charge in [-0.15, -0.1) is 0 Å². The van der Waals surface area contributed by atoms with Gasteiger partial charge in [-0.25, -0.2) is 0 Å². The minimum atomic E-state index is -0.630. The van der Waals surface area contributed by atoms with E-state index in [0.717, 1.165) is 11.1 Å². The summed E-state index contributed by atoms with van der Waals surface area (Å²) in [6.45, 7) is 1.81. The summed E-state index contributed by atoms with van der Waals surface area (Å²) in [6.07, 6.45) is 1.52. The Morgan fingerprint density at radius 2 is 1.65 bits per heavy atom. The molecule has 0 bridgehead atoms. The molecule has 2 heterocycles. The molecule has 0 spiro atoms. The number of hydrogen-bond acceptors (Lipinski definition) is 6. The zero-order chi connectivity index (χ0) is 24.6. The molecule has 2 aromatic heterocycles. The van der Waals surface area contributed by atoms with Crippen LogP contribution in [0.25, 0.3) is 16.6 Å². The van der Waals surface area contributed by atoms with E-state index in [1.165, 1.54) is 31.5 Å². The van der Waals surface area contributed by atoms with Crippen molar-refractivity contribution >= 4 is 22.9 Å². The number of carbonyl (C=O) groups is 2. The highest BCUT2D eigenvalue weighted by molar-refractivity contribution is 6.12. The number of ketones is 1. The van der Waals surface area contributed by atoms with E-state index >= 15 is 0 Å². The SMILES string of the molecule is COc1ccc(-c2c(C)c(C(=O)c3ccc([N+](=O)[O-])c(OC)c3)n3cc(C(N)=O)ccc23)cc1. The first-order chi connectivity index (χ1) is 16.3. The van der Waals surface area contributed by atoms with Gasteiger partial charge in [-0.05, 0) is 54.4 Å². The van der Waals surface area contributed by atoms with Gasteiger partial charge in [-0.1, -0.05) is 12.1 Å². The van der Waals surface area contributed by atoms with Gasteiger partial charge < -0.3 is 19.6 Å². The van der Waals surface area contributed by atoms with Gasteiger partial charge in [0, 0.05) is 23.4 Å². The third-order valence-corrected chi connectivity index (χ3v) is 5.69. The lowest BCUT2D eigenvalue weighted by Gasteiger charge is -2.07. The number of methoxy groups -OCH3 is 2. The molecule has 0 saturated carbocycles. The van der Waals surface area contributed by atoms with Gasteiger partial charge in [-0.3, -0.25) is 19.7 Å². The molecule has 2 aromatic carbocycles. The third kappa shape index (κ3) is 3.73. The fourth-order valence-corrected chi connectivity index (χ4v) is 4.03. The van der Waals surface area contributed by atoms with Crippen molar-refractivity contribution < 1.29 is 24.0 Å². The van der Waals surface area contributed by atoms with Crippen LogP contribution in [0.1, 0.15) is 32.0 Å². The number of ether oxygens (including phenoxy) is 2. The Morgan fingerprint density at radius 1 is 0.971 bits per heavy atom. The summed E-state index contributed by atoms with van der Waals surface area (Å²) in [6, 6.07) is 14.7. The standard InChI is InChI=1S/C25H21N3O6/c1-14-22(15-4-8-18(33-2)9-5-15)20-11-7-17(25(26)30)13-27(20)23(14)24(29)16-6-10-19(28(31)32)21(12-16)34-3/h4-13H,1-3H3,(H2,26,30). The fraction of sp³-hybridized carbons (Fsp3) is 0.120. The minimum Gasteiger partial charge on any atom is -0.497 e. The van der Waals surface area contributed by atoms with Crippen molar-refractivity contribution in [1.29, 1.82) is 0 Å². The predicted molar refractivity (Wildman–Crippen MR) is 126 cm³/mol. The normalized spacial score (nSPS) is 10.8. The van der Waals surface area contributed by atoms with Crippen molar-refractivity contribution in [1.82, 2.24) is 4.40 Å². The minimum absolute atomic E-state index is 0.0254. The second-order valence-corrected chi connectivity index (χ2v) is 7.59. The summed E-state index contributed by atoms with van der Waals surface area (Å²) in [7, 11) is 2.88. The maximum absolute atomic E-state index is 13.7. The van der Waals surface area contributed by atoms with E-state index in [0.29, 0.717) is 22.5 Å². The van der Waals surface area contributed by atoms with Crippen molar-refractivity contribution in [2.75, 3.05) is 14.2 Å². The average molecular weight is 459 g/mol. The number of pyridine rings is 1. The first-order valence-corrected chi connectivity index (χ1v) is 10.2. The van der Waals surface area contributed by atoms with Gasteiger partial charge in [0.1, 0.15) is 5.75 Å². The number of hydrogen-bond donors (Lipinski definition) is 1. The average Bonchev–Trinajstić information content (AvgIpc) is 3.13. The van der Waals surface area contributed by atoms with E-state index in [2.05, 4.69) is 0 Å². The maximum atomic E-state index is 13.7. The Bertz CT molecular complexity index is 1450. The molecule has 0 atom stereocenters. The van der Waals surface area contributed by atoms with Crippen molar-refractivity contribution in [2.45, 2.75) is 6.92 Å². The molecule has 1 amide bonds. The summed E-state index contributed by atoms with van der Waals surface area (Å²) >= 11 is 0. The number of carbonyl (C=O) groups excluding carboxylic acids is 2. The number of primary amides is 1. The molecule has 34 heavy (non-hydrogen) atoms. The van der Waals surface area contributed by atoms with Crippen LogP contribution in [0, 0.1) is 17.0 Å². The fourth-order valence-electron chi connectivity index (χ4n) is 4.03. The summed E-state index contributed by atoms with van der Waals surface area (Å²) in [5.41, 5.74) is 9.01. The molecule has 0 unspecified atom stereocenters. The maximum Gasteiger partial charge on any atom is 0.310 e. The van der Waals surface area contributed by atoms with Gasteiger partial charge in [0.15, 0.2) is 5.75 Å². The van der Waals surface area contributed by atoms with Crippen molar-refractivity contribution in [3.63, 3.8) is 0 Å². The molecule has 2 N–H and O–H groups in total. The number of benzene rings is 2. The summed E-state index contributed by atoms with van der Waals surface area (Å²) in [5, 5.41) is 11.3. The van der Waals surface area contributed by atoms with Crippen LogP contribution in [0.3, 0.4) is 0 Å². The first kappa shape index (κ1) is 22.5. The van der Waals surface area contributed by atoms with Crippen LogP contribution in [0.5, 0.6) is 11.5 Å². The molecular weight excluding hydrogens is 438 g/mol. The number of nitro benzene ring substituents is 1. The molecule has 0 fully saturated rings. The predicted octanol–water partition coefficient (Wildman–Crippen LogP) is 4.17. The van der Waals surface area contributed by atoms with Gasteiger partial charge in [0.2, 0.25) is 11.7 Å². The van der Waals surface area contributed by atoms with E-state index in [1.807, 2.05) is 31.2 Å². The molecule has 0 aliphatic rings. The lowest BCUT2D eigenvalue weighted by Crippen LogP contribution is -2.13. The highest BCUT2D eigenvalue weighted by atomic mass is 16.6. The number of nitrogens with two attached hydrogens (primary N) is 1. The van der Waals surface area contributed by atoms with Gasteiger partial charge >= 0.3 is 5.69 Å². The third-order valence-electron chi connectivity index (χ3n) is 5.69. The van der Waals surface area contributed by atoms with E-state index in [-0.39, 0.29) is 28.3 Å². The number of rotatable bonds is 7. The van der Waals surface area contributed by atoms with Crippen molar-refractivity contribution in [3.05, 3.63) is 93.3 Å². The van der Waals surface area contributed by atoms with Crippen molar-refractivity contribution in [3.8, 4) is 22.6 Å². The largest absolute Gasteiger partial charge is 0.497 e. The Hall–Kier alpha value is -4.66. The van der Waals surface area contributed by atoms with E-state index < -0.39 is 10.8 Å². The number of fused-ring (bicyclic) bond motifs is 1. The van der Waals surface area contributed by atoms with E-state index in [9.17, 15) is 19.7 Å². The molecular formula is C25H21N3O6. The Balaban J connectivity index is 1.97. The molecule has 0 saturated heterocycles. The van der Waals surface area contributed by atoms with Gasteiger partial charge in [0.25, 0.3) is 0 Å². The highest BCUT2D eigenvalue weighted by Crippen LogP contribution is 2.36. The Labute approximate surface area is 194 Å². The number of amides is 1. The van der Waals surface area contributed by atoms with Crippen LogP contribution < -0.4 is 15.2 Å². The lowest BCUT2D eigenvalue weighted by atomic mass is 9.99. The second-order valence-electron chi connectivity index (χ2n) is 7.59. The van der Waals surface area contributed by atoms with Crippen LogP contribution in [0.4, 0.5) is 5.69 Å². The van der Waals surface area contributed by atoms with Crippen molar-refractivity contribution in [2.24, 2.45) is 5.73 Å². The molecule has 0 aliphatic carbocycles. The van der Waals surface area contributed by atoms with Crippen LogP contribution >= 0.6 is 0 Å². The molecule has 9 nitrogen and oxygen atoms in total. The van der Waals surface area contributed by atoms with Gasteiger partial charge in [-0.2, -0.15) is 0 Å². The molecule has 4 aromatic rings. The quantitative estimate of drug-likeness (QED) is 0.251. The van der Waals surface area contributed by atoms with Crippen LogP contribution in [-0.4, -0.2) is 35.2 Å². The lowest BCUT2D eigenvalue weighted by molar-refractivity contribution is -0.385. The monoisotopic (exact) mass is 459 g/mol. The number of nitrogens with zero attached hydrogens (tertiary/aromatic N) is 2. The van der Waals surface area contributed by atoms with Crippen LogP contribution in [0.15, 0.2) is 60.8 Å². The Kier molecular flexibility index (Phi) is 5.77. The number of aromatic nitrogens is 1. The van der Waals surface area contributed by atoms with Crippen LogP contribution in [0.2, 0.25) is 0 Å². The first-order valence-electron chi connectivity index (χ1n) is 10.2. The van der Waals surface area contributed by atoms with E-state index in [1.54, 1.807) is 23.6 Å². The highest BCUT2D eigenvalue weighted by Gasteiger charge is 2.25. The molecule has 4 rings (SSSR count). The van der Waals surface area contributed by atoms with E-state index in [4.69, 9.17) is 15.2 Å². The smallest absolute Gasteiger partial charge is 0.310 e. The topological polar surface area (TPSA) is 126 Å². The number of nitro groups is 1. The molecule has 9 heteroatoms.